The van der Waals surface area contributed by atoms with Crippen LogP contribution in [-0.4, -0.2) is 63.0 Å². The van der Waals surface area contributed by atoms with Crippen LogP contribution < -0.4 is 10.6 Å². The summed E-state index contributed by atoms with van der Waals surface area (Å²) in [4.78, 5) is 7.49. The van der Waals surface area contributed by atoms with Gasteiger partial charge in [0, 0.05) is 52.1 Å². The number of hydrogen-bond donors (Lipinski definition) is 2. The van der Waals surface area contributed by atoms with Crippen LogP contribution in [0.3, 0.4) is 0 Å². The number of rotatable bonds is 11. The highest BCUT2D eigenvalue weighted by Gasteiger charge is 2.19. The summed E-state index contributed by atoms with van der Waals surface area (Å²) in [5.74, 6) is 1.56. The van der Waals surface area contributed by atoms with Gasteiger partial charge in [0.1, 0.15) is 0 Å². The van der Waals surface area contributed by atoms with E-state index in [4.69, 9.17) is 14.5 Å². The molecule has 6 nitrogen and oxygen atoms in total. The van der Waals surface area contributed by atoms with Gasteiger partial charge in [0.25, 0.3) is 0 Å². The zero-order valence-electron chi connectivity index (χ0n) is 20.3. The SMILES string of the molecule is CCNC(=NCc1ccccc1CN1CCCCC1C)NCCCOCC1CCOCC1. The number of aliphatic imine (C=N–C) groups is 1. The highest BCUT2D eigenvalue weighted by atomic mass is 16.5. The number of hydrogen-bond acceptors (Lipinski definition) is 4. The van der Waals surface area contributed by atoms with Crippen molar-refractivity contribution in [2.45, 2.75) is 71.5 Å². The zero-order chi connectivity index (χ0) is 22.4. The normalized spacial score (nSPS) is 20.9. The maximum atomic E-state index is 5.88. The van der Waals surface area contributed by atoms with Crippen LogP contribution in [0.4, 0.5) is 0 Å². The average Bonchev–Trinajstić information content (AvgIpc) is 2.82. The standard InChI is InChI=1S/C26H44N4O2/c1-3-27-26(28-14-8-16-32-21-23-12-17-31-18-13-23)29-19-24-10-4-5-11-25(24)20-30-15-7-6-9-22(30)2/h4-5,10-11,22-23H,3,6-9,12-21H2,1-2H3,(H2,27,28,29). The summed E-state index contributed by atoms with van der Waals surface area (Å²) in [6.07, 6.45) is 7.24. The number of guanidine groups is 1. The molecule has 1 aromatic carbocycles. The van der Waals surface area contributed by atoms with Gasteiger partial charge >= 0.3 is 0 Å². The Balaban J connectivity index is 1.43. The number of likely N-dealkylation sites (tertiary alicyclic amines) is 1. The fourth-order valence-electron chi connectivity index (χ4n) is 4.53. The van der Waals surface area contributed by atoms with E-state index < -0.39 is 0 Å². The molecule has 0 bridgehead atoms. The molecule has 1 aromatic rings. The van der Waals surface area contributed by atoms with Gasteiger partial charge in [0.05, 0.1) is 6.54 Å². The van der Waals surface area contributed by atoms with Crippen LogP contribution in [0.2, 0.25) is 0 Å². The van der Waals surface area contributed by atoms with Crippen molar-refractivity contribution >= 4 is 5.96 Å². The largest absolute Gasteiger partial charge is 0.381 e. The first-order valence-electron chi connectivity index (χ1n) is 12.7. The van der Waals surface area contributed by atoms with Crippen LogP contribution in [0.5, 0.6) is 0 Å². The van der Waals surface area contributed by atoms with Crippen molar-refractivity contribution in [2.75, 3.05) is 46.1 Å². The summed E-state index contributed by atoms with van der Waals surface area (Å²) in [6.45, 7) is 12.6. The predicted octanol–water partition coefficient (Wildman–Crippen LogP) is 3.95. The Morgan fingerprint density at radius 3 is 2.72 bits per heavy atom. The molecule has 0 amide bonds. The van der Waals surface area contributed by atoms with Crippen molar-refractivity contribution in [1.29, 1.82) is 0 Å². The zero-order valence-corrected chi connectivity index (χ0v) is 20.3. The quantitative estimate of drug-likeness (QED) is 0.307. The Morgan fingerprint density at radius 1 is 1.12 bits per heavy atom. The maximum Gasteiger partial charge on any atom is 0.191 e. The summed E-state index contributed by atoms with van der Waals surface area (Å²) in [5.41, 5.74) is 2.73. The minimum atomic E-state index is 0.670. The molecule has 32 heavy (non-hydrogen) atoms. The van der Waals surface area contributed by atoms with Gasteiger partial charge in [-0.1, -0.05) is 30.7 Å². The van der Waals surface area contributed by atoms with E-state index >= 15 is 0 Å². The predicted molar refractivity (Wildman–Crippen MR) is 132 cm³/mol. The van der Waals surface area contributed by atoms with Gasteiger partial charge in [-0.2, -0.15) is 0 Å². The van der Waals surface area contributed by atoms with Crippen molar-refractivity contribution in [1.82, 2.24) is 15.5 Å². The second-order valence-corrected chi connectivity index (χ2v) is 9.19. The first-order valence-corrected chi connectivity index (χ1v) is 12.7. The van der Waals surface area contributed by atoms with Crippen molar-refractivity contribution in [3.05, 3.63) is 35.4 Å². The Labute approximate surface area is 195 Å². The summed E-state index contributed by atoms with van der Waals surface area (Å²) in [7, 11) is 0. The van der Waals surface area contributed by atoms with E-state index in [9.17, 15) is 0 Å². The number of nitrogens with zero attached hydrogens (tertiary/aromatic N) is 2. The number of piperidine rings is 1. The Bertz CT molecular complexity index is 676. The molecule has 0 aliphatic carbocycles. The Hall–Kier alpha value is -1.63. The van der Waals surface area contributed by atoms with Gasteiger partial charge in [0.15, 0.2) is 5.96 Å². The number of benzene rings is 1. The topological polar surface area (TPSA) is 58.1 Å². The second kappa shape index (κ2) is 14.5. The molecule has 2 N–H and O–H groups in total. The van der Waals surface area contributed by atoms with Gasteiger partial charge in [-0.15, -0.1) is 0 Å². The van der Waals surface area contributed by atoms with E-state index in [1.807, 2.05) is 0 Å². The summed E-state index contributed by atoms with van der Waals surface area (Å²) >= 11 is 0. The van der Waals surface area contributed by atoms with Gasteiger partial charge in [0.2, 0.25) is 0 Å². The molecule has 3 rings (SSSR count). The second-order valence-electron chi connectivity index (χ2n) is 9.19. The molecule has 2 aliphatic rings. The van der Waals surface area contributed by atoms with Crippen LogP contribution in [0, 0.1) is 5.92 Å². The smallest absolute Gasteiger partial charge is 0.191 e. The molecule has 2 fully saturated rings. The van der Waals surface area contributed by atoms with Crippen LogP contribution >= 0.6 is 0 Å². The van der Waals surface area contributed by atoms with Crippen LogP contribution in [-0.2, 0) is 22.6 Å². The lowest BCUT2D eigenvalue weighted by atomic mass is 10.0. The van der Waals surface area contributed by atoms with Crippen LogP contribution in [0.15, 0.2) is 29.3 Å². The molecule has 1 atom stereocenters. The molecule has 0 aromatic heterocycles. The lowest BCUT2D eigenvalue weighted by Crippen LogP contribution is -2.38. The lowest BCUT2D eigenvalue weighted by molar-refractivity contribution is 0.0203. The van der Waals surface area contributed by atoms with Gasteiger partial charge < -0.3 is 20.1 Å². The molecule has 180 valence electrons. The summed E-state index contributed by atoms with van der Waals surface area (Å²) in [6, 6.07) is 9.45. The van der Waals surface area contributed by atoms with E-state index in [0.29, 0.717) is 18.5 Å². The molecular weight excluding hydrogens is 400 g/mol. The fourth-order valence-corrected chi connectivity index (χ4v) is 4.53. The van der Waals surface area contributed by atoms with E-state index in [1.165, 1.54) is 36.9 Å². The van der Waals surface area contributed by atoms with Crippen molar-refractivity contribution in [3.63, 3.8) is 0 Å². The van der Waals surface area contributed by atoms with Gasteiger partial charge in [-0.3, -0.25) is 4.90 Å². The van der Waals surface area contributed by atoms with Crippen molar-refractivity contribution < 1.29 is 9.47 Å². The number of nitrogens with one attached hydrogen (secondary N) is 2. The van der Waals surface area contributed by atoms with Crippen molar-refractivity contribution in [3.8, 4) is 0 Å². The number of ether oxygens (including phenoxy) is 2. The third kappa shape index (κ3) is 8.72. The van der Waals surface area contributed by atoms with E-state index in [0.717, 1.165) is 71.3 Å². The van der Waals surface area contributed by atoms with Gasteiger partial charge in [-0.25, -0.2) is 4.99 Å². The molecule has 0 spiro atoms. The van der Waals surface area contributed by atoms with Crippen LogP contribution in [0.1, 0.15) is 63.5 Å². The van der Waals surface area contributed by atoms with Crippen molar-refractivity contribution in [2.24, 2.45) is 10.9 Å². The van der Waals surface area contributed by atoms with E-state index in [1.54, 1.807) is 0 Å². The fraction of sp³-hybridized carbons (Fsp3) is 0.731. The molecule has 0 radical (unpaired) electrons. The molecule has 2 heterocycles. The molecule has 2 aliphatic heterocycles. The minimum Gasteiger partial charge on any atom is -0.381 e. The highest BCUT2D eigenvalue weighted by molar-refractivity contribution is 5.79. The minimum absolute atomic E-state index is 0.670. The Kier molecular flexibility index (Phi) is 11.3. The van der Waals surface area contributed by atoms with Crippen LogP contribution in [0.25, 0.3) is 0 Å². The molecule has 6 heteroatoms. The first-order chi connectivity index (χ1) is 15.8. The molecule has 0 saturated carbocycles. The first kappa shape index (κ1) is 25.0. The molecular formula is C26H44N4O2. The lowest BCUT2D eigenvalue weighted by Gasteiger charge is -2.33. The van der Waals surface area contributed by atoms with E-state index in [-0.39, 0.29) is 0 Å². The highest BCUT2D eigenvalue weighted by Crippen LogP contribution is 2.21. The maximum absolute atomic E-state index is 5.88. The third-order valence-electron chi connectivity index (χ3n) is 6.64. The monoisotopic (exact) mass is 444 g/mol. The molecule has 2 saturated heterocycles. The third-order valence-corrected chi connectivity index (χ3v) is 6.64. The van der Waals surface area contributed by atoms with Gasteiger partial charge in [-0.05, 0) is 69.5 Å². The molecule has 1 unspecified atom stereocenters. The summed E-state index contributed by atoms with van der Waals surface area (Å²) in [5, 5.41) is 6.84. The van der Waals surface area contributed by atoms with E-state index in [2.05, 4.69) is 53.6 Å². The summed E-state index contributed by atoms with van der Waals surface area (Å²) < 4.78 is 11.3. The Morgan fingerprint density at radius 2 is 1.94 bits per heavy atom. The average molecular weight is 445 g/mol.